The van der Waals surface area contributed by atoms with Gasteiger partial charge in [0.25, 0.3) is 0 Å². The van der Waals surface area contributed by atoms with Gasteiger partial charge < -0.3 is 11.6 Å². The van der Waals surface area contributed by atoms with Crippen LogP contribution in [0.3, 0.4) is 0 Å². The average molecular weight is 198 g/mol. The molecule has 0 saturated heterocycles. The van der Waals surface area contributed by atoms with Crippen molar-refractivity contribution in [2.24, 2.45) is 0 Å². The summed E-state index contributed by atoms with van der Waals surface area (Å²) in [5.41, 5.74) is 0. The van der Waals surface area contributed by atoms with E-state index in [-0.39, 0.29) is 31.0 Å². The summed E-state index contributed by atoms with van der Waals surface area (Å²) in [6.45, 7) is -0.778. The second kappa shape index (κ2) is 8.40. The van der Waals surface area contributed by atoms with Crippen LogP contribution in [0.15, 0.2) is 0 Å². The third-order valence-corrected chi connectivity index (χ3v) is 0.135. The van der Waals surface area contributed by atoms with Crippen molar-refractivity contribution in [2.45, 2.75) is 0 Å². The van der Waals surface area contributed by atoms with Crippen LogP contribution in [0.1, 0.15) is 1.43 Å². The van der Waals surface area contributed by atoms with Crippen LogP contribution in [-0.4, -0.2) is 40.3 Å². The van der Waals surface area contributed by atoms with Crippen molar-refractivity contribution in [1.29, 1.82) is 0 Å². The zero-order valence-electron chi connectivity index (χ0n) is 6.63. The molecule has 0 heterocycles. The number of aliphatic hydroxyl groups excluding tert-OH is 1. The minimum absolute atomic E-state index is 0. The second-order valence-corrected chi connectivity index (χ2v) is 1.90. The first-order valence-corrected chi connectivity index (χ1v) is 3.19. The van der Waals surface area contributed by atoms with E-state index in [1.807, 2.05) is 0 Å². The SMILES string of the molecule is O=C(O)CO.O=S(=O)(O)O.[H-].[Na+]. The molecule has 0 spiro atoms. The number of aliphatic carboxylic acids is 1. The molecular weight excluding hydrogens is 191 g/mol. The van der Waals surface area contributed by atoms with E-state index < -0.39 is 23.0 Å². The number of rotatable bonds is 1. The molecule has 0 saturated carbocycles. The van der Waals surface area contributed by atoms with E-state index in [0.29, 0.717) is 0 Å². The molecule has 11 heavy (non-hydrogen) atoms. The van der Waals surface area contributed by atoms with E-state index in [1.54, 1.807) is 0 Å². The van der Waals surface area contributed by atoms with Crippen LogP contribution in [0.25, 0.3) is 0 Å². The molecule has 0 aliphatic rings. The predicted molar refractivity (Wildman–Crippen MR) is 30.0 cm³/mol. The molecule has 0 amide bonds. The Hall–Kier alpha value is 0.300. The Labute approximate surface area is 86.4 Å². The molecule has 0 aromatic rings. The van der Waals surface area contributed by atoms with Gasteiger partial charge in [0.2, 0.25) is 0 Å². The van der Waals surface area contributed by atoms with Crippen molar-refractivity contribution >= 4 is 16.4 Å². The van der Waals surface area contributed by atoms with Crippen molar-refractivity contribution in [3.05, 3.63) is 0 Å². The molecule has 0 aliphatic carbocycles. The summed E-state index contributed by atoms with van der Waals surface area (Å²) in [6, 6.07) is 0. The minimum Gasteiger partial charge on any atom is -1.00 e. The quantitative estimate of drug-likeness (QED) is 0.246. The Morgan fingerprint density at radius 2 is 1.45 bits per heavy atom. The van der Waals surface area contributed by atoms with Crippen LogP contribution in [0.5, 0.6) is 0 Å². The van der Waals surface area contributed by atoms with Gasteiger partial charge in [-0.2, -0.15) is 8.42 Å². The summed E-state index contributed by atoms with van der Waals surface area (Å²) in [4.78, 5) is 9.12. The maximum Gasteiger partial charge on any atom is 1.00 e. The normalized spacial score (nSPS) is 8.64. The third-order valence-electron chi connectivity index (χ3n) is 0.135. The molecule has 9 heteroatoms. The van der Waals surface area contributed by atoms with E-state index in [4.69, 9.17) is 32.5 Å². The van der Waals surface area contributed by atoms with Gasteiger partial charge in [-0.25, -0.2) is 4.79 Å². The van der Waals surface area contributed by atoms with Gasteiger partial charge in [0.15, 0.2) is 0 Å². The fraction of sp³-hybridized carbons (Fsp3) is 0.500. The number of aliphatic hydroxyl groups is 1. The molecule has 0 aliphatic heterocycles. The molecule has 0 aromatic heterocycles. The van der Waals surface area contributed by atoms with Crippen LogP contribution in [0, 0.1) is 0 Å². The summed E-state index contributed by atoms with van der Waals surface area (Å²) in [7, 11) is -4.67. The minimum atomic E-state index is -4.67. The molecule has 64 valence electrons. The summed E-state index contributed by atoms with van der Waals surface area (Å²) >= 11 is 0. The van der Waals surface area contributed by atoms with Gasteiger partial charge in [-0.1, -0.05) is 0 Å². The van der Waals surface area contributed by atoms with Gasteiger partial charge in [-0.3, -0.25) is 9.11 Å². The van der Waals surface area contributed by atoms with Crippen LogP contribution >= 0.6 is 0 Å². The third kappa shape index (κ3) is 134. The van der Waals surface area contributed by atoms with Crippen molar-refractivity contribution in [3.8, 4) is 0 Å². The first kappa shape index (κ1) is 17.4. The van der Waals surface area contributed by atoms with Crippen molar-refractivity contribution in [3.63, 3.8) is 0 Å². The largest absolute Gasteiger partial charge is 1.00 e. The molecule has 4 N–H and O–H groups in total. The number of carboxylic acid groups (broad SMARTS) is 1. The van der Waals surface area contributed by atoms with Crippen molar-refractivity contribution < 1.29 is 63.5 Å². The number of carbonyl (C=O) groups is 1. The molecule has 0 radical (unpaired) electrons. The molecule has 0 bridgehead atoms. The van der Waals surface area contributed by atoms with Gasteiger partial charge in [-0.05, 0) is 0 Å². The summed E-state index contributed by atoms with van der Waals surface area (Å²) in [5.74, 6) is -1.19. The van der Waals surface area contributed by atoms with E-state index in [2.05, 4.69) is 0 Å². The number of hydrogen-bond donors (Lipinski definition) is 4. The zero-order valence-corrected chi connectivity index (χ0v) is 8.45. The summed E-state index contributed by atoms with van der Waals surface area (Å²) in [6.07, 6.45) is 0. The second-order valence-electron chi connectivity index (χ2n) is 1.000. The number of carboxylic acids is 1. The van der Waals surface area contributed by atoms with Gasteiger partial charge in [0.05, 0.1) is 0 Å². The number of hydrogen-bond acceptors (Lipinski definition) is 4. The molecular formula is C2H7NaO7S. The Morgan fingerprint density at radius 1 is 1.36 bits per heavy atom. The van der Waals surface area contributed by atoms with Crippen molar-refractivity contribution in [1.82, 2.24) is 0 Å². The Balaban J connectivity index is -0.0000000457. The van der Waals surface area contributed by atoms with Gasteiger partial charge in [0, 0.05) is 0 Å². The first-order chi connectivity index (χ1) is 4.27. The fourth-order valence-corrected chi connectivity index (χ4v) is 0. The molecule has 0 fully saturated rings. The van der Waals surface area contributed by atoms with Gasteiger partial charge in [-0.15, -0.1) is 0 Å². The van der Waals surface area contributed by atoms with Crippen LogP contribution in [0.2, 0.25) is 0 Å². The van der Waals surface area contributed by atoms with Crippen molar-refractivity contribution in [2.75, 3.05) is 6.61 Å². The van der Waals surface area contributed by atoms with Gasteiger partial charge in [0.1, 0.15) is 6.61 Å². The average Bonchev–Trinajstić information content (AvgIpc) is 1.61. The van der Waals surface area contributed by atoms with Crippen LogP contribution in [-0.2, 0) is 15.2 Å². The predicted octanol–water partition coefficient (Wildman–Crippen LogP) is -4.47. The first-order valence-electron chi connectivity index (χ1n) is 1.80. The van der Waals surface area contributed by atoms with E-state index in [1.165, 1.54) is 0 Å². The molecule has 0 unspecified atom stereocenters. The fourth-order valence-electron chi connectivity index (χ4n) is 0. The summed E-state index contributed by atoms with van der Waals surface area (Å²) in [5, 5.41) is 15.0. The van der Waals surface area contributed by atoms with E-state index in [9.17, 15) is 0 Å². The summed E-state index contributed by atoms with van der Waals surface area (Å²) < 4.78 is 31.6. The van der Waals surface area contributed by atoms with Gasteiger partial charge >= 0.3 is 45.9 Å². The molecule has 7 nitrogen and oxygen atoms in total. The van der Waals surface area contributed by atoms with Crippen LogP contribution in [0.4, 0.5) is 0 Å². The monoisotopic (exact) mass is 198 g/mol. The zero-order chi connectivity index (χ0) is 8.78. The topological polar surface area (TPSA) is 132 Å². The Bertz CT molecular complexity index is 180. The molecule has 0 rings (SSSR count). The smallest absolute Gasteiger partial charge is 1.00 e. The van der Waals surface area contributed by atoms with E-state index >= 15 is 0 Å². The maximum absolute atomic E-state index is 9.12. The molecule has 0 aromatic carbocycles. The van der Waals surface area contributed by atoms with E-state index in [0.717, 1.165) is 0 Å². The maximum atomic E-state index is 9.12. The molecule has 0 atom stereocenters. The van der Waals surface area contributed by atoms with Crippen LogP contribution < -0.4 is 29.6 Å². The Morgan fingerprint density at radius 3 is 1.45 bits per heavy atom. The standard InChI is InChI=1S/C2H4O3.Na.H2O4S.H/c3-1-2(4)5;;1-5(2,3)4;/h3H,1H2,(H,4,5);;(H2,1,2,3,4);/q;+1;;-1. The Kier molecular flexibility index (Phi) is 13.3.